The molecule has 0 bridgehead atoms. The van der Waals surface area contributed by atoms with Crippen LogP contribution in [0, 0.1) is 20.8 Å². The largest absolute Gasteiger partial charge is 0.326 e. The van der Waals surface area contributed by atoms with E-state index in [1.165, 1.54) is 28.1 Å². The first kappa shape index (κ1) is 13.8. The summed E-state index contributed by atoms with van der Waals surface area (Å²) in [4.78, 5) is 0. The van der Waals surface area contributed by atoms with E-state index >= 15 is 0 Å². The molecule has 2 N–H and O–H groups in total. The lowest BCUT2D eigenvalue weighted by atomic mass is 10.0. The van der Waals surface area contributed by atoms with Crippen LogP contribution in [0.3, 0.4) is 0 Å². The summed E-state index contributed by atoms with van der Waals surface area (Å²) in [6.45, 7) is 9.17. The number of nitrogens with zero attached hydrogens (tertiary/aromatic N) is 2. The highest BCUT2D eigenvalue weighted by molar-refractivity contribution is 5.50. The molecule has 0 fully saturated rings. The average molecular weight is 257 g/mol. The first-order valence-corrected chi connectivity index (χ1v) is 6.92. The van der Waals surface area contributed by atoms with Gasteiger partial charge in [-0.25, -0.2) is 4.68 Å². The zero-order valence-corrected chi connectivity index (χ0v) is 12.3. The van der Waals surface area contributed by atoms with Crippen LogP contribution >= 0.6 is 0 Å². The highest BCUT2D eigenvalue weighted by Crippen LogP contribution is 2.24. The van der Waals surface area contributed by atoms with Crippen molar-refractivity contribution in [3.8, 4) is 5.69 Å². The maximum Gasteiger partial charge on any atom is 0.0707 e. The molecule has 0 aliphatic heterocycles. The minimum Gasteiger partial charge on any atom is -0.326 e. The van der Waals surface area contributed by atoms with Crippen LogP contribution in [0.4, 0.5) is 0 Å². The number of rotatable bonds is 4. The van der Waals surface area contributed by atoms with Crippen LogP contribution < -0.4 is 5.73 Å². The van der Waals surface area contributed by atoms with Crippen LogP contribution in [-0.2, 0) is 13.0 Å². The van der Waals surface area contributed by atoms with Crippen molar-refractivity contribution in [2.45, 2.75) is 47.1 Å². The molecule has 3 nitrogen and oxygen atoms in total. The molecule has 1 aromatic heterocycles. The van der Waals surface area contributed by atoms with Crippen LogP contribution in [-0.4, -0.2) is 9.78 Å². The zero-order valence-electron chi connectivity index (χ0n) is 12.3. The van der Waals surface area contributed by atoms with Gasteiger partial charge in [-0.2, -0.15) is 5.10 Å². The maximum atomic E-state index is 5.82. The molecule has 0 aliphatic carbocycles. The van der Waals surface area contributed by atoms with Gasteiger partial charge in [-0.1, -0.05) is 31.0 Å². The molecule has 0 radical (unpaired) electrons. The number of benzene rings is 1. The SMILES string of the molecule is CCCc1c(CN)cnn1-c1c(C)cc(C)cc1C. The number of nitrogens with two attached hydrogens (primary N) is 1. The van der Waals surface area contributed by atoms with Crippen molar-refractivity contribution in [3.63, 3.8) is 0 Å². The van der Waals surface area contributed by atoms with E-state index < -0.39 is 0 Å². The van der Waals surface area contributed by atoms with Crippen molar-refractivity contribution in [1.82, 2.24) is 9.78 Å². The van der Waals surface area contributed by atoms with Gasteiger partial charge in [-0.3, -0.25) is 0 Å². The number of hydrogen-bond donors (Lipinski definition) is 1. The lowest BCUT2D eigenvalue weighted by molar-refractivity contribution is 0.760. The van der Waals surface area contributed by atoms with E-state index in [0.29, 0.717) is 6.54 Å². The molecule has 19 heavy (non-hydrogen) atoms. The Hall–Kier alpha value is -1.61. The quantitative estimate of drug-likeness (QED) is 0.914. The van der Waals surface area contributed by atoms with Crippen molar-refractivity contribution in [2.75, 3.05) is 0 Å². The van der Waals surface area contributed by atoms with E-state index in [-0.39, 0.29) is 0 Å². The molecular weight excluding hydrogens is 234 g/mol. The minimum atomic E-state index is 0.555. The molecule has 2 aromatic rings. The summed E-state index contributed by atoms with van der Waals surface area (Å²) in [7, 11) is 0. The van der Waals surface area contributed by atoms with Gasteiger partial charge in [0.25, 0.3) is 0 Å². The number of aryl methyl sites for hydroxylation is 3. The smallest absolute Gasteiger partial charge is 0.0707 e. The molecular formula is C16H23N3. The Labute approximate surface area is 115 Å². The van der Waals surface area contributed by atoms with E-state index in [4.69, 9.17) is 5.73 Å². The Bertz CT molecular complexity index is 559. The monoisotopic (exact) mass is 257 g/mol. The fourth-order valence-electron chi connectivity index (χ4n) is 2.78. The summed E-state index contributed by atoms with van der Waals surface area (Å²) < 4.78 is 2.08. The molecule has 2 rings (SSSR count). The van der Waals surface area contributed by atoms with Gasteiger partial charge in [0.15, 0.2) is 0 Å². The van der Waals surface area contributed by atoms with Gasteiger partial charge in [0.2, 0.25) is 0 Å². The molecule has 0 saturated heterocycles. The third-order valence-electron chi connectivity index (χ3n) is 3.51. The van der Waals surface area contributed by atoms with Crippen LogP contribution in [0.5, 0.6) is 0 Å². The highest BCUT2D eigenvalue weighted by Gasteiger charge is 2.14. The van der Waals surface area contributed by atoms with E-state index in [0.717, 1.165) is 18.4 Å². The predicted molar refractivity (Wildman–Crippen MR) is 79.7 cm³/mol. The Morgan fingerprint density at radius 1 is 1.16 bits per heavy atom. The third-order valence-corrected chi connectivity index (χ3v) is 3.51. The molecule has 0 amide bonds. The topological polar surface area (TPSA) is 43.8 Å². The van der Waals surface area contributed by atoms with Gasteiger partial charge < -0.3 is 5.73 Å². The fourth-order valence-corrected chi connectivity index (χ4v) is 2.78. The van der Waals surface area contributed by atoms with Gasteiger partial charge in [0.05, 0.1) is 11.9 Å². The van der Waals surface area contributed by atoms with Crippen molar-refractivity contribution < 1.29 is 0 Å². The fraction of sp³-hybridized carbons (Fsp3) is 0.438. The number of hydrogen-bond acceptors (Lipinski definition) is 2. The molecule has 1 heterocycles. The molecule has 0 atom stereocenters. The average Bonchev–Trinajstić information content (AvgIpc) is 2.72. The van der Waals surface area contributed by atoms with Crippen LogP contribution in [0.15, 0.2) is 18.3 Å². The summed E-state index contributed by atoms with van der Waals surface area (Å²) in [6, 6.07) is 4.42. The van der Waals surface area contributed by atoms with Crippen LogP contribution in [0.2, 0.25) is 0 Å². The lowest BCUT2D eigenvalue weighted by Crippen LogP contribution is -2.09. The van der Waals surface area contributed by atoms with E-state index in [1.807, 2.05) is 6.20 Å². The molecule has 1 aromatic carbocycles. The Morgan fingerprint density at radius 3 is 2.32 bits per heavy atom. The summed E-state index contributed by atoms with van der Waals surface area (Å²) in [6.07, 6.45) is 4.02. The molecule has 0 saturated carbocycles. The third kappa shape index (κ3) is 2.56. The lowest BCUT2D eigenvalue weighted by Gasteiger charge is -2.15. The second-order valence-electron chi connectivity index (χ2n) is 5.23. The summed E-state index contributed by atoms with van der Waals surface area (Å²) in [5.41, 5.74) is 13.2. The highest BCUT2D eigenvalue weighted by atomic mass is 15.3. The first-order chi connectivity index (χ1) is 9.08. The number of aromatic nitrogens is 2. The second kappa shape index (κ2) is 5.57. The summed E-state index contributed by atoms with van der Waals surface area (Å²) in [5, 5.41) is 4.56. The predicted octanol–water partition coefficient (Wildman–Crippen LogP) is 3.21. The van der Waals surface area contributed by atoms with Crippen LogP contribution in [0.25, 0.3) is 5.69 Å². The second-order valence-corrected chi connectivity index (χ2v) is 5.23. The summed E-state index contributed by atoms with van der Waals surface area (Å²) in [5.74, 6) is 0. The normalized spacial score (nSPS) is 11.0. The van der Waals surface area contributed by atoms with Gasteiger partial charge in [-0.05, 0) is 38.3 Å². The molecule has 3 heteroatoms. The Balaban J connectivity index is 2.62. The maximum absolute atomic E-state index is 5.82. The van der Waals surface area contributed by atoms with Crippen molar-refractivity contribution in [3.05, 3.63) is 46.3 Å². The standard InChI is InChI=1S/C16H23N3/c1-5-6-15-14(9-17)10-18-19(15)16-12(3)7-11(2)8-13(16)4/h7-8,10H,5-6,9,17H2,1-4H3. The first-order valence-electron chi connectivity index (χ1n) is 6.92. The van der Waals surface area contributed by atoms with Gasteiger partial charge >= 0.3 is 0 Å². The van der Waals surface area contributed by atoms with Crippen LogP contribution in [0.1, 0.15) is 41.3 Å². The molecule has 0 unspecified atom stereocenters. The van der Waals surface area contributed by atoms with Gasteiger partial charge in [0.1, 0.15) is 0 Å². The van der Waals surface area contributed by atoms with Gasteiger partial charge in [0, 0.05) is 17.8 Å². The molecule has 0 spiro atoms. The molecule has 0 aliphatic rings. The molecule has 102 valence electrons. The van der Waals surface area contributed by atoms with E-state index in [2.05, 4.69) is 49.6 Å². The Morgan fingerprint density at radius 2 is 1.79 bits per heavy atom. The van der Waals surface area contributed by atoms with Crippen molar-refractivity contribution in [2.24, 2.45) is 5.73 Å². The minimum absolute atomic E-state index is 0.555. The van der Waals surface area contributed by atoms with Crippen molar-refractivity contribution >= 4 is 0 Å². The van der Waals surface area contributed by atoms with Gasteiger partial charge in [-0.15, -0.1) is 0 Å². The zero-order chi connectivity index (χ0) is 14.0. The van der Waals surface area contributed by atoms with E-state index in [1.54, 1.807) is 0 Å². The Kier molecular flexibility index (Phi) is 4.05. The van der Waals surface area contributed by atoms with Crippen molar-refractivity contribution in [1.29, 1.82) is 0 Å². The van der Waals surface area contributed by atoms with E-state index in [9.17, 15) is 0 Å². The summed E-state index contributed by atoms with van der Waals surface area (Å²) >= 11 is 0.